The zero-order chi connectivity index (χ0) is 28.6. The van der Waals surface area contributed by atoms with Gasteiger partial charge in [-0.25, -0.2) is 9.59 Å². The van der Waals surface area contributed by atoms with E-state index in [1.165, 1.54) is 4.90 Å². The Balaban J connectivity index is 1.80. The smallest absolute Gasteiger partial charge is 0.437 e. The van der Waals surface area contributed by atoms with Crippen molar-refractivity contribution in [3.05, 3.63) is 71.8 Å². The molecule has 212 valence electrons. The first-order chi connectivity index (χ1) is 18.3. The maximum atomic E-state index is 13.2. The zero-order valence-electron chi connectivity index (χ0n) is 21.9. The summed E-state index contributed by atoms with van der Waals surface area (Å²) in [6.07, 6.45) is -1.24. The first-order valence-electron chi connectivity index (χ1n) is 12.4. The van der Waals surface area contributed by atoms with E-state index in [0.29, 0.717) is 13.0 Å². The van der Waals surface area contributed by atoms with Crippen LogP contribution >= 0.6 is 34.8 Å². The molecule has 0 spiro atoms. The minimum Gasteiger partial charge on any atom is -0.444 e. The fourth-order valence-corrected chi connectivity index (χ4v) is 4.21. The van der Waals surface area contributed by atoms with Crippen molar-refractivity contribution in [3.8, 4) is 0 Å². The lowest BCUT2D eigenvalue weighted by molar-refractivity contribution is -0.182. The van der Waals surface area contributed by atoms with Crippen LogP contribution in [0.4, 0.5) is 9.59 Å². The molecule has 3 rings (SSSR count). The van der Waals surface area contributed by atoms with Gasteiger partial charge in [-0.3, -0.25) is 14.5 Å². The molecule has 1 fully saturated rings. The van der Waals surface area contributed by atoms with E-state index in [1.54, 1.807) is 20.8 Å². The Morgan fingerprint density at radius 2 is 1.51 bits per heavy atom. The second-order valence-corrected chi connectivity index (χ2v) is 12.2. The summed E-state index contributed by atoms with van der Waals surface area (Å²) in [7, 11) is 0. The number of carbonyl (C=O) groups is 3. The lowest BCUT2D eigenvalue weighted by Crippen LogP contribution is -2.59. The molecule has 0 aromatic heterocycles. The van der Waals surface area contributed by atoms with Gasteiger partial charge in [0.1, 0.15) is 18.2 Å². The molecule has 2 atom stereocenters. The predicted molar refractivity (Wildman–Crippen MR) is 148 cm³/mol. The number of alkyl halides is 3. The minimum atomic E-state index is -2.33. The van der Waals surface area contributed by atoms with E-state index < -0.39 is 33.8 Å². The summed E-state index contributed by atoms with van der Waals surface area (Å²) < 4.78 is 8.18. The van der Waals surface area contributed by atoms with Gasteiger partial charge in [-0.05, 0) is 79.5 Å². The van der Waals surface area contributed by atoms with E-state index in [0.717, 1.165) is 16.2 Å². The number of piperidine rings is 1. The molecule has 2 aromatic carbocycles. The largest absolute Gasteiger partial charge is 0.444 e. The Hall–Kier alpha value is -2.72. The maximum absolute atomic E-state index is 13.2. The summed E-state index contributed by atoms with van der Waals surface area (Å²) in [4.78, 5) is 46.5. The molecule has 1 aliphatic rings. The molecule has 0 bridgehead atoms. The van der Waals surface area contributed by atoms with Gasteiger partial charge in [0.25, 0.3) is 0 Å². The number of carbonyl (C=O) groups excluding carboxylic acids is 3. The van der Waals surface area contributed by atoms with Crippen molar-refractivity contribution in [3.63, 3.8) is 0 Å². The van der Waals surface area contributed by atoms with Crippen LogP contribution in [-0.2, 0) is 32.3 Å². The van der Waals surface area contributed by atoms with Gasteiger partial charge < -0.3 is 14.8 Å². The van der Waals surface area contributed by atoms with Crippen LogP contribution in [0, 0.1) is 0 Å². The molecular formula is C27H32Cl3N3O6. The molecule has 1 aliphatic heterocycles. The van der Waals surface area contributed by atoms with Crippen molar-refractivity contribution < 1.29 is 28.7 Å². The first-order valence-corrected chi connectivity index (χ1v) is 13.5. The molecule has 1 N–H and O–H groups in total. The fraction of sp³-hybridized carbons (Fsp3) is 0.444. The fourth-order valence-electron chi connectivity index (χ4n) is 4.01. The van der Waals surface area contributed by atoms with Crippen LogP contribution in [0.25, 0.3) is 0 Å². The summed E-state index contributed by atoms with van der Waals surface area (Å²) in [5.74, 6) is -0.344. The van der Waals surface area contributed by atoms with Crippen LogP contribution in [0.1, 0.15) is 44.7 Å². The molecule has 2 aromatic rings. The van der Waals surface area contributed by atoms with Gasteiger partial charge in [0.05, 0.1) is 6.04 Å². The molecule has 0 aliphatic carbocycles. The van der Waals surface area contributed by atoms with Crippen molar-refractivity contribution in [2.45, 2.75) is 68.4 Å². The quantitative estimate of drug-likeness (QED) is 0.311. The second kappa shape index (κ2) is 13.6. The number of amides is 3. The second-order valence-electron chi connectivity index (χ2n) is 9.98. The number of nitrogens with one attached hydrogen (secondary N) is 1. The molecule has 9 nitrogen and oxygen atoms in total. The van der Waals surface area contributed by atoms with Crippen molar-refractivity contribution in [1.82, 2.24) is 15.3 Å². The van der Waals surface area contributed by atoms with Gasteiger partial charge >= 0.3 is 16.2 Å². The van der Waals surface area contributed by atoms with E-state index in [2.05, 4.69) is 5.32 Å². The Kier molecular flexibility index (Phi) is 10.7. The van der Waals surface area contributed by atoms with Crippen LogP contribution in [0.15, 0.2) is 60.7 Å². The van der Waals surface area contributed by atoms with E-state index >= 15 is 0 Å². The number of halogens is 3. The summed E-state index contributed by atoms with van der Waals surface area (Å²) >= 11 is 17.1. The summed E-state index contributed by atoms with van der Waals surface area (Å²) in [5.41, 5.74) is 0.882. The van der Waals surface area contributed by atoms with Crippen molar-refractivity contribution in [1.29, 1.82) is 0 Å². The summed E-state index contributed by atoms with van der Waals surface area (Å²) in [5, 5.41) is 3.83. The first kappa shape index (κ1) is 30.8. The number of ether oxygens (including phenoxy) is 2. The molecule has 0 unspecified atom stereocenters. The molecule has 39 heavy (non-hydrogen) atoms. The van der Waals surface area contributed by atoms with Gasteiger partial charge in [-0.15, -0.1) is 0 Å². The van der Waals surface area contributed by atoms with Gasteiger partial charge in [0.15, 0.2) is 0 Å². The number of hydrogen-bond acceptors (Lipinski definition) is 6. The number of likely N-dealkylation sites (tertiary alicyclic amines) is 1. The van der Waals surface area contributed by atoms with Crippen LogP contribution < -0.4 is 5.32 Å². The monoisotopic (exact) mass is 599 g/mol. The third-order valence-electron chi connectivity index (χ3n) is 5.72. The van der Waals surface area contributed by atoms with E-state index in [1.807, 2.05) is 60.7 Å². The maximum Gasteiger partial charge on any atom is 0.437 e. The Labute approximate surface area is 243 Å². The number of benzene rings is 2. The normalized spacial score (nSPS) is 17.7. The predicted octanol–water partition coefficient (Wildman–Crippen LogP) is 5.97. The van der Waals surface area contributed by atoms with Gasteiger partial charge in [0.2, 0.25) is 5.91 Å². The summed E-state index contributed by atoms with van der Waals surface area (Å²) in [6, 6.07) is 17.0. The lowest BCUT2D eigenvalue weighted by Gasteiger charge is -2.42. The molecule has 12 heteroatoms. The SMILES string of the molecule is CC(C)(C)OC(=O)N1C[C@H](N(OCc2ccccc2)C(=O)OC(Cl)(Cl)Cl)CC[C@H]1C(=O)NCc1ccccc1. The minimum absolute atomic E-state index is 0.0136. The highest BCUT2D eigenvalue weighted by Gasteiger charge is 2.43. The highest BCUT2D eigenvalue weighted by Crippen LogP contribution is 2.31. The van der Waals surface area contributed by atoms with Crippen LogP contribution in [-0.4, -0.2) is 56.3 Å². The Morgan fingerprint density at radius 1 is 0.923 bits per heavy atom. The highest BCUT2D eigenvalue weighted by molar-refractivity contribution is 6.66. The molecule has 1 saturated heterocycles. The van der Waals surface area contributed by atoms with Gasteiger partial charge in [0, 0.05) is 13.1 Å². The van der Waals surface area contributed by atoms with Crippen LogP contribution in [0.2, 0.25) is 0 Å². The van der Waals surface area contributed by atoms with Crippen LogP contribution in [0.3, 0.4) is 0 Å². The van der Waals surface area contributed by atoms with Crippen molar-refractivity contribution in [2.24, 2.45) is 0 Å². The Bertz CT molecular complexity index is 1110. The number of nitrogens with zero attached hydrogens (tertiary/aromatic N) is 2. The van der Waals surface area contributed by atoms with E-state index in [-0.39, 0.29) is 25.5 Å². The van der Waals surface area contributed by atoms with Crippen molar-refractivity contribution >= 4 is 52.9 Å². The van der Waals surface area contributed by atoms with E-state index in [9.17, 15) is 14.4 Å². The third-order valence-corrected chi connectivity index (χ3v) is 5.96. The van der Waals surface area contributed by atoms with Crippen molar-refractivity contribution in [2.75, 3.05) is 6.54 Å². The number of hydrogen-bond donors (Lipinski definition) is 1. The third kappa shape index (κ3) is 10.1. The number of hydroxylamine groups is 2. The Morgan fingerprint density at radius 3 is 2.08 bits per heavy atom. The molecule has 0 radical (unpaired) electrons. The molecule has 0 saturated carbocycles. The molecule has 1 heterocycles. The standard InChI is InChI=1S/C27H32Cl3N3O6/c1-26(2,3)38-24(35)32-17-21(14-15-22(32)23(34)31-16-19-10-6-4-7-11-19)33(25(36)39-27(28,29)30)37-18-20-12-8-5-9-13-20/h4-13,21-22H,14-18H2,1-3H3,(H,31,34)/t21-,22+/m1/s1. The number of rotatable bonds is 7. The topological polar surface area (TPSA) is 97.4 Å². The average Bonchev–Trinajstić information content (AvgIpc) is 2.86. The van der Waals surface area contributed by atoms with Crippen LogP contribution in [0.5, 0.6) is 0 Å². The average molecular weight is 601 g/mol. The molecule has 3 amide bonds. The summed E-state index contributed by atoms with van der Waals surface area (Å²) in [6.45, 7) is 5.41. The zero-order valence-corrected chi connectivity index (χ0v) is 24.2. The highest BCUT2D eigenvalue weighted by atomic mass is 35.6. The lowest BCUT2D eigenvalue weighted by atomic mass is 9.97. The molecular weight excluding hydrogens is 569 g/mol. The van der Waals surface area contributed by atoms with E-state index in [4.69, 9.17) is 49.1 Å². The van der Waals surface area contributed by atoms with Gasteiger partial charge in [-0.1, -0.05) is 60.7 Å². The van der Waals surface area contributed by atoms with Gasteiger partial charge in [-0.2, -0.15) is 5.06 Å².